The van der Waals surface area contributed by atoms with E-state index in [-0.39, 0.29) is 6.04 Å². The van der Waals surface area contributed by atoms with Crippen molar-refractivity contribution in [3.63, 3.8) is 0 Å². The first kappa shape index (κ1) is 14.4. The van der Waals surface area contributed by atoms with Crippen LogP contribution in [-0.4, -0.2) is 71.3 Å². The highest BCUT2D eigenvalue weighted by Crippen LogP contribution is 2.29. The lowest BCUT2D eigenvalue weighted by molar-refractivity contribution is 0.0131. The lowest BCUT2D eigenvalue weighted by Crippen LogP contribution is -2.50. The normalized spacial score (nSPS) is 26.8. The molecule has 0 amide bonds. The van der Waals surface area contributed by atoms with Crippen molar-refractivity contribution in [1.29, 1.82) is 0 Å². The van der Waals surface area contributed by atoms with Crippen molar-refractivity contribution < 1.29 is 9.47 Å². The van der Waals surface area contributed by atoms with Gasteiger partial charge in [-0.1, -0.05) is 11.3 Å². The zero-order valence-electron chi connectivity index (χ0n) is 12.9. The maximum atomic E-state index is 5.71. The molecule has 8 heteroatoms. The molecule has 0 bridgehead atoms. The molecule has 2 saturated heterocycles. The molecule has 2 aliphatic rings. The Kier molecular flexibility index (Phi) is 3.77. The molecule has 2 aliphatic heterocycles. The molecule has 2 aromatic rings. The number of ether oxygens (including phenoxy) is 2. The Morgan fingerprint density at radius 1 is 1.23 bits per heavy atom. The van der Waals surface area contributed by atoms with Crippen molar-refractivity contribution in [3.05, 3.63) is 5.69 Å². The number of anilines is 1. The summed E-state index contributed by atoms with van der Waals surface area (Å²) < 4.78 is 14.2. The van der Waals surface area contributed by atoms with Crippen LogP contribution in [0, 0.1) is 6.92 Å². The number of morpholine rings is 1. The van der Waals surface area contributed by atoms with Gasteiger partial charge in [-0.05, 0) is 6.92 Å². The van der Waals surface area contributed by atoms with E-state index in [0.717, 1.165) is 60.7 Å². The van der Waals surface area contributed by atoms with E-state index < -0.39 is 0 Å². The zero-order chi connectivity index (χ0) is 15.1. The second kappa shape index (κ2) is 5.77. The van der Waals surface area contributed by atoms with E-state index in [1.165, 1.54) is 0 Å². The largest absolute Gasteiger partial charge is 0.379 e. The van der Waals surface area contributed by atoms with Crippen LogP contribution in [0.4, 0.5) is 5.13 Å². The Bertz CT molecular complexity index is 629. The van der Waals surface area contributed by atoms with E-state index in [4.69, 9.17) is 9.47 Å². The summed E-state index contributed by atoms with van der Waals surface area (Å²) in [4.78, 5) is 7.15. The third-order valence-electron chi connectivity index (χ3n) is 4.42. The minimum atomic E-state index is 0.284. The van der Waals surface area contributed by atoms with Crippen molar-refractivity contribution >= 4 is 26.8 Å². The molecule has 0 spiro atoms. The Hall–Kier alpha value is -1.22. The highest BCUT2D eigenvalue weighted by molar-refractivity contribution is 7.22. The van der Waals surface area contributed by atoms with Gasteiger partial charge in [0.1, 0.15) is 0 Å². The monoisotopic (exact) mass is 323 g/mol. The fourth-order valence-corrected chi connectivity index (χ4v) is 4.25. The summed E-state index contributed by atoms with van der Waals surface area (Å²) in [5.41, 5.74) is 1.99. The fraction of sp³-hybridized carbons (Fsp3) is 0.714. The molecule has 22 heavy (non-hydrogen) atoms. The van der Waals surface area contributed by atoms with Crippen LogP contribution in [-0.2, 0) is 16.5 Å². The standard InChI is InChI=1S/C14H21N5O2S/c1-9-12-13(18(2)17-9)16-14(22-12)15-10-7-21-8-11(10)19-3-5-20-6-4-19/h10-11H,3-8H2,1-2H3,(H,15,16). The average Bonchev–Trinajstić information content (AvgIpc) is 3.20. The van der Waals surface area contributed by atoms with Crippen LogP contribution in [0.15, 0.2) is 0 Å². The maximum absolute atomic E-state index is 5.71. The molecule has 2 unspecified atom stereocenters. The fourth-order valence-electron chi connectivity index (χ4n) is 3.26. The van der Waals surface area contributed by atoms with Crippen molar-refractivity contribution in [3.8, 4) is 0 Å². The summed E-state index contributed by atoms with van der Waals surface area (Å²) >= 11 is 1.68. The molecular formula is C14H21N5O2S. The van der Waals surface area contributed by atoms with Crippen molar-refractivity contribution in [1.82, 2.24) is 19.7 Å². The number of fused-ring (bicyclic) bond motifs is 1. The van der Waals surface area contributed by atoms with E-state index in [9.17, 15) is 0 Å². The molecule has 2 aromatic heterocycles. The topological polar surface area (TPSA) is 64.4 Å². The van der Waals surface area contributed by atoms with Gasteiger partial charge in [-0.25, -0.2) is 9.67 Å². The molecular weight excluding hydrogens is 302 g/mol. The number of aryl methyl sites for hydroxylation is 2. The lowest BCUT2D eigenvalue weighted by Gasteiger charge is -2.34. The summed E-state index contributed by atoms with van der Waals surface area (Å²) in [6.45, 7) is 7.13. The Balaban J connectivity index is 1.51. The minimum Gasteiger partial charge on any atom is -0.379 e. The van der Waals surface area contributed by atoms with E-state index >= 15 is 0 Å². The van der Waals surface area contributed by atoms with Crippen LogP contribution in [0.2, 0.25) is 0 Å². The Labute approximate surface area is 133 Å². The van der Waals surface area contributed by atoms with Gasteiger partial charge in [-0.2, -0.15) is 5.10 Å². The molecule has 0 saturated carbocycles. The summed E-state index contributed by atoms with van der Waals surface area (Å²) in [7, 11) is 1.94. The van der Waals surface area contributed by atoms with Crippen LogP contribution >= 0.6 is 11.3 Å². The predicted octanol–water partition coefficient (Wildman–Crippen LogP) is 0.850. The molecule has 7 nitrogen and oxygen atoms in total. The molecule has 4 heterocycles. The minimum absolute atomic E-state index is 0.284. The van der Waals surface area contributed by atoms with Gasteiger partial charge in [0.2, 0.25) is 0 Å². The first-order valence-electron chi connectivity index (χ1n) is 7.68. The van der Waals surface area contributed by atoms with Crippen molar-refractivity contribution in [2.24, 2.45) is 7.05 Å². The highest BCUT2D eigenvalue weighted by atomic mass is 32.1. The van der Waals surface area contributed by atoms with Crippen LogP contribution in [0.1, 0.15) is 5.69 Å². The summed E-state index contributed by atoms with van der Waals surface area (Å²) in [5.74, 6) is 0. The van der Waals surface area contributed by atoms with Crippen LogP contribution in [0.3, 0.4) is 0 Å². The smallest absolute Gasteiger partial charge is 0.185 e. The van der Waals surface area contributed by atoms with Gasteiger partial charge in [0.15, 0.2) is 10.8 Å². The third-order valence-corrected chi connectivity index (χ3v) is 5.50. The summed E-state index contributed by atoms with van der Waals surface area (Å²) in [5, 5.41) is 8.94. The average molecular weight is 323 g/mol. The number of rotatable bonds is 3. The van der Waals surface area contributed by atoms with Gasteiger partial charge in [-0.3, -0.25) is 4.90 Å². The quantitative estimate of drug-likeness (QED) is 0.903. The van der Waals surface area contributed by atoms with Gasteiger partial charge in [0.05, 0.1) is 48.9 Å². The van der Waals surface area contributed by atoms with Gasteiger partial charge in [-0.15, -0.1) is 0 Å². The SMILES string of the molecule is Cc1nn(C)c2nc(NC3COCC3N3CCOCC3)sc12. The van der Waals surface area contributed by atoms with Gasteiger partial charge >= 0.3 is 0 Å². The zero-order valence-corrected chi connectivity index (χ0v) is 13.7. The molecule has 0 aliphatic carbocycles. The molecule has 0 aromatic carbocycles. The van der Waals surface area contributed by atoms with E-state index in [1.807, 2.05) is 18.7 Å². The first-order chi connectivity index (χ1) is 10.7. The molecule has 120 valence electrons. The number of hydrogen-bond acceptors (Lipinski definition) is 7. The van der Waals surface area contributed by atoms with Gasteiger partial charge < -0.3 is 14.8 Å². The second-order valence-corrected chi connectivity index (χ2v) is 6.88. The number of hydrogen-bond donors (Lipinski definition) is 1. The molecule has 2 fully saturated rings. The summed E-state index contributed by atoms with van der Waals surface area (Å²) in [6.07, 6.45) is 0. The van der Waals surface area contributed by atoms with Crippen LogP contribution < -0.4 is 5.32 Å². The number of nitrogens with zero attached hydrogens (tertiary/aromatic N) is 4. The van der Waals surface area contributed by atoms with Crippen LogP contribution in [0.5, 0.6) is 0 Å². The second-order valence-electron chi connectivity index (χ2n) is 5.88. The number of thiazole rings is 1. The Morgan fingerprint density at radius 2 is 2.05 bits per heavy atom. The number of aromatic nitrogens is 3. The highest BCUT2D eigenvalue weighted by Gasteiger charge is 2.34. The molecule has 1 N–H and O–H groups in total. The maximum Gasteiger partial charge on any atom is 0.185 e. The van der Waals surface area contributed by atoms with Crippen molar-refractivity contribution in [2.45, 2.75) is 19.0 Å². The third kappa shape index (κ3) is 2.50. The van der Waals surface area contributed by atoms with E-state index in [2.05, 4.69) is 20.3 Å². The summed E-state index contributed by atoms with van der Waals surface area (Å²) in [6, 6.07) is 0.682. The van der Waals surface area contributed by atoms with Gasteiger partial charge in [0.25, 0.3) is 0 Å². The Morgan fingerprint density at radius 3 is 2.82 bits per heavy atom. The number of nitrogens with one attached hydrogen (secondary N) is 1. The lowest BCUT2D eigenvalue weighted by atomic mass is 10.1. The molecule has 2 atom stereocenters. The van der Waals surface area contributed by atoms with E-state index in [1.54, 1.807) is 11.3 Å². The van der Waals surface area contributed by atoms with Crippen LogP contribution in [0.25, 0.3) is 10.3 Å². The van der Waals surface area contributed by atoms with Crippen molar-refractivity contribution in [2.75, 3.05) is 44.8 Å². The first-order valence-corrected chi connectivity index (χ1v) is 8.50. The molecule has 4 rings (SSSR count). The molecule has 0 radical (unpaired) electrons. The predicted molar refractivity (Wildman–Crippen MR) is 85.5 cm³/mol. The van der Waals surface area contributed by atoms with E-state index in [0.29, 0.717) is 6.04 Å². The van der Waals surface area contributed by atoms with Gasteiger partial charge in [0, 0.05) is 20.1 Å².